The third-order valence-corrected chi connectivity index (χ3v) is 3.92. The number of ether oxygens (including phenoxy) is 1. The summed E-state index contributed by atoms with van der Waals surface area (Å²) in [5.74, 6) is 0.327. The van der Waals surface area contributed by atoms with Crippen molar-refractivity contribution in [2.75, 3.05) is 19.0 Å². The van der Waals surface area contributed by atoms with Crippen LogP contribution in [0.15, 0.2) is 29.3 Å². The van der Waals surface area contributed by atoms with Gasteiger partial charge in [0.1, 0.15) is 11.7 Å². The molecule has 0 aliphatic rings. The first-order valence-corrected chi connectivity index (χ1v) is 8.47. The molecule has 0 saturated heterocycles. The van der Waals surface area contributed by atoms with Gasteiger partial charge in [0.2, 0.25) is 0 Å². The summed E-state index contributed by atoms with van der Waals surface area (Å²) in [6, 6.07) is 7.75. The molecule has 0 aliphatic heterocycles. The zero-order chi connectivity index (χ0) is 18.4. The van der Waals surface area contributed by atoms with Gasteiger partial charge in [-0.2, -0.15) is 4.99 Å². The third kappa shape index (κ3) is 5.00. The average Bonchev–Trinajstić information content (AvgIpc) is 2.57. The number of nitrogens with one attached hydrogen (secondary N) is 1. The first kappa shape index (κ1) is 18.9. The van der Waals surface area contributed by atoms with Crippen molar-refractivity contribution in [1.29, 1.82) is 0 Å². The lowest BCUT2D eigenvalue weighted by Gasteiger charge is -2.17. The number of hydrogen-bond donors (Lipinski definition) is 2. The summed E-state index contributed by atoms with van der Waals surface area (Å²) in [5.41, 5.74) is 7.91. The van der Waals surface area contributed by atoms with Crippen LogP contribution in [0.3, 0.4) is 0 Å². The number of nitrogens with two attached hydrogens (primary N) is 1. The molecule has 1 aromatic heterocycles. The molecule has 0 aliphatic carbocycles. The molecular weight excluding hydrogens is 316 g/mol. The summed E-state index contributed by atoms with van der Waals surface area (Å²) in [4.78, 5) is 20.9. The van der Waals surface area contributed by atoms with Gasteiger partial charge in [0.05, 0.1) is 17.2 Å². The summed E-state index contributed by atoms with van der Waals surface area (Å²) in [7, 11) is 1.69. The predicted molar refractivity (Wildman–Crippen MR) is 102 cm³/mol. The predicted octanol–water partition coefficient (Wildman–Crippen LogP) is 3.29. The van der Waals surface area contributed by atoms with Crippen molar-refractivity contribution < 1.29 is 9.53 Å². The molecular formula is C19H26N4O2. The summed E-state index contributed by atoms with van der Waals surface area (Å²) in [5, 5.41) is 4.14. The van der Waals surface area contributed by atoms with E-state index in [4.69, 9.17) is 10.5 Å². The topological polar surface area (TPSA) is 89.6 Å². The Morgan fingerprint density at radius 3 is 2.80 bits per heavy atom. The number of anilines is 1. The van der Waals surface area contributed by atoms with Crippen molar-refractivity contribution in [1.82, 2.24) is 4.98 Å². The lowest BCUT2D eigenvalue weighted by molar-refractivity contribution is 0.1000. The van der Waals surface area contributed by atoms with E-state index in [2.05, 4.69) is 22.2 Å². The van der Waals surface area contributed by atoms with Crippen LogP contribution in [0.1, 0.15) is 42.6 Å². The molecule has 1 atom stereocenters. The molecule has 0 bridgehead atoms. The quantitative estimate of drug-likeness (QED) is 0.595. The van der Waals surface area contributed by atoms with Gasteiger partial charge >= 0.3 is 0 Å². The molecule has 3 N–H and O–H groups in total. The van der Waals surface area contributed by atoms with Crippen molar-refractivity contribution in [2.45, 2.75) is 39.7 Å². The molecule has 2 aromatic rings. The molecule has 134 valence electrons. The maximum Gasteiger partial charge on any atom is 0.282 e. The fraction of sp³-hybridized carbons (Fsp3) is 0.421. The van der Waals surface area contributed by atoms with Crippen molar-refractivity contribution >= 4 is 28.5 Å². The van der Waals surface area contributed by atoms with Gasteiger partial charge in [-0.3, -0.25) is 4.79 Å². The van der Waals surface area contributed by atoms with Crippen molar-refractivity contribution in [2.24, 2.45) is 10.7 Å². The van der Waals surface area contributed by atoms with E-state index in [0.29, 0.717) is 17.9 Å². The fourth-order valence-electron chi connectivity index (χ4n) is 2.65. The number of aliphatic imine (C=N–C) groups is 1. The van der Waals surface area contributed by atoms with Crippen molar-refractivity contribution in [3.63, 3.8) is 0 Å². The number of aromatic nitrogens is 1. The smallest absolute Gasteiger partial charge is 0.282 e. The molecule has 0 fully saturated rings. The van der Waals surface area contributed by atoms with Gasteiger partial charge < -0.3 is 15.8 Å². The minimum absolute atomic E-state index is 0.0585. The number of methoxy groups -OCH3 is 1. The van der Waals surface area contributed by atoms with Crippen LogP contribution in [0.4, 0.5) is 5.82 Å². The molecule has 1 amide bonds. The minimum Gasteiger partial charge on any atom is -0.387 e. The van der Waals surface area contributed by atoms with Gasteiger partial charge in [-0.1, -0.05) is 25.0 Å². The number of hydrogen-bond acceptors (Lipinski definition) is 4. The Labute approximate surface area is 148 Å². The zero-order valence-electron chi connectivity index (χ0n) is 15.3. The molecule has 25 heavy (non-hydrogen) atoms. The highest BCUT2D eigenvalue weighted by Gasteiger charge is 2.16. The standard InChI is InChI=1S/C19H26N4O2/c1-5-6-15(25-4)11-21-18-16(19(24)22-13(3)20)10-14-9-12(2)7-8-17(14)23-18/h7-10,15H,5-6,11H2,1-4H3,(H,21,23)(H2,20,22,24). The van der Waals surface area contributed by atoms with Gasteiger partial charge in [-0.15, -0.1) is 0 Å². The molecule has 1 heterocycles. The number of aryl methyl sites for hydroxylation is 1. The number of nitrogens with zero attached hydrogens (tertiary/aromatic N) is 2. The molecule has 1 aromatic carbocycles. The minimum atomic E-state index is -0.400. The Kier molecular flexibility index (Phi) is 6.47. The van der Waals surface area contributed by atoms with Crippen molar-refractivity contribution in [3.8, 4) is 0 Å². The second kappa shape index (κ2) is 8.58. The maximum absolute atomic E-state index is 12.5. The van der Waals surface area contributed by atoms with E-state index < -0.39 is 5.91 Å². The number of rotatable bonds is 7. The van der Waals surface area contributed by atoms with Crippen LogP contribution in [0.2, 0.25) is 0 Å². The summed E-state index contributed by atoms with van der Waals surface area (Å²) in [6.45, 7) is 6.27. The number of carbonyl (C=O) groups excluding carboxylic acids is 1. The van der Waals surface area contributed by atoms with E-state index in [1.54, 1.807) is 14.0 Å². The Morgan fingerprint density at radius 1 is 1.40 bits per heavy atom. The molecule has 6 heteroatoms. The van der Waals surface area contributed by atoms with E-state index in [-0.39, 0.29) is 11.9 Å². The van der Waals surface area contributed by atoms with Crippen LogP contribution in [0, 0.1) is 6.92 Å². The highest BCUT2D eigenvalue weighted by Crippen LogP contribution is 2.23. The van der Waals surface area contributed by atoms with Gasteiger partial charge in [-0.25, -0.2) is 4.98 Å². The third-order valence-electron chi connectivity index (χ3n) is 3.92. The van der Waals surface area contributed by atoms with Gasteiger partial charge in [-0.05, 0) is 38.5 Å². The number of benzene rings is 1. The summed E-state index contributed by atoms with van der Waals surface area (Å²) >= 11 is 0. The lowest BCUT2D eigenvalue weighted by atomic mass is 10.1. The average molecular weight is 342 g/mol. The molecule has 6 nitrogen and oxygen atoms in total. The monoisotopic (exact) mass is 342 g/mol. The van der Waals surface area contributed by atoms with Crippen LogP contribution in [0.5, 0.6) is 0 Å². The van der Waals surface area contributed by atoms with E-state index >= 15 is 0 Å². The number of amidine groups is 1. The Bertz CT molecular complexity index is 782. The first-order valence-electron chi connectivity index (χ1n) is 8.47. The highest BCUT2D eigenvalue weighted by molar-refractivity contribution is 6.07. The second-order valence-corrected chi connectivity index (χ2v) is 6.17. The second-order valence-electron chi connectivity index (χ2n) is 6.17. The van der Waals surface area contributed by atoms with Gasteiger partial charge in [0.25, 0.3) is 5.91 Å². The number of fused-ring (bicyclic) bond motifs is 1. The number of amides is 1. The normalized spacial score (nSPS) is 13.0. The largest absolute Gasteiger partial charge is 0.387 e. The summed E-state index contributed by atoms with van der Waals surface area (Å²) < 4.78 is 5.46. The van der Waals surface area contributed by atoms with Gasteiger partial charge in [0.15, 0.2) is 0 Å². The maximum atomic E-state index is 12.5. The Hall–Kier alpha value is -2.47. The fourth-order valence-corrected chi connectivity index (χ4v) is 2.65. The molecule has 0 radical (unpaired) electrons. The van der Waals surface area contributed by atoms with Crippen LogP contribution in [-0.2, 0) is 4.74 Å². The molecule has 2 rings (SSSR count). The van der Waals surface area contributed by atoms with Crippen LogP contribution in [-0.4, -0.2) is 36.5 Å². The van der Waals surface area contributed by atoms with Gasteiger partial charge in [0, 0.05) is 19.0 Å². The Morgan fingerprint density at radius 2 is 2.16 bits per heavy atom. The SMILES string of the molecule is CCCC(CNc1nc2ccc(C)cc2cc1C(=O)N=C(C)N)OC. The number of pyridine rings is 1. The first-order chi connectivity index (χ1) is 11.9. The lowest BCUT2D eigenvalue weighted by Crippen LogP contribution is -2.23. The summed E-state index contributed by atoms with van der Waals surface area (Å²) in [6.07, 6.45) is 2.01. The van der Waals surface area contributed by atoms with E-state index in [1.807, 2.05) is 31.2 Å². The van der Waals surface area contributed by atoms with Crippen molar-refractivity contribution in [3.05, 3.63) is 35.4 Å². The van der Waals surface area contributed by atoms with Crippen LogP contribution in [0.25, 0.3) is 10.9 Å². The number of carbonyl (C=O) groups is 1. The zero-order valence-corrected chi connectivity index (χ0v) is 15.3. The highest BCUT2D eigenvalue weighted by atomic mass is 16.5. The molecule has 0 spiro atoms. The Balaban J connectivity index is 2.42. The van der Waals surface area contributed by atoms with E-state index in [1.165, 1.54) is 0 Å². The van der Waals surface area contributed by atoms with E-state index in [0.717, 1.165) is 29.3 Å². The van der Waals surface area contributed by atoms with Crippen LogP contribution < -0.4 is 11.1 Å². The van der Waals surface area contributed by atoms with E-state index in [9.17, 15) is 4.79 Å². The molecule has 1 unspecified atom stereocenters. The van der Waals surface area contributed by atoms with Crippen LogP contribution >= 0.6 is 0 Å². The molecule has 0 saturated carbocycles.